The Morgan fingerprint density at radius 2 is 2.00 bits per heavy atom. The first-order valence-electron chi connectivity index (χ1n) is 5.29. The van der Waals surface area contributed by atoms with Crippen LogP contribution in [0.1, 0.15) is 22.7 Å². The summed E-state index contributed by atoms with van der Waals surface area (Å²) in [6.45, 7) is 1.98. The molecule has 0 fully saturated rings. The Kier molecular flexibility index (Phi) is 3.77. The van der Waals surface area contributed by atoms with Crippen LogP contribution in [0.2, 0.25) is 10.2 Å². The van der Waals surface area contributed by atoms with E-state index in [4.69, 9.17) is 27.6 Å². The summed E-state index contributed by atoms with van der Waals surface area (Å²) in [6, 6.07) is 7.82. The maximum Gasteiger partial charge on any atom is 0.198 e. The first-order chi connectivity index (χ1) is 8.13. The molecule has 0 saturated carbocycles. The van der Waals surface area contributed by atoms with E-state index in [-0.39, 0.29) is 6.04 Å². The zero-order chi connectivity index (χ0) is 12.4. The Balaban J connectivity index is 2.42. The van der Waals surface area contributed by atoms with Crippen LogP contribution in [0.25, 0.3) is 0 Å². The van der Waals surface area contributed by atoms with Crippen molar-refractivity contribution in [1.82, 2.24) is 5.32 Å². The zero-order valence-corrected chi connectivity index (χ0v) is 11.1. The molecule has 17 heavy (non-hydrogen) atoms. The van der Waals surface area contributed by atoms with Gasteiger partial charge in [0.05, 0.1) is 12.3 Å². The van der Waals surface area contributed by atoms with Crippen LogP contribution in [-0.4, -0.2) is 7.05 Å². The van der Waals surface area contributed by atoms with Gasteiger partial charge in [0.2, 0.25) is 0 Å². The lowest BCUT2D eigenvalue weighted by molar-refractivity contribution is 0.559. The zero-order valence-electron chi connectivity index (χ0n) is 9.63. The topological polar surface area (TPSA) is 25.2 Å². The summed E-state index contributed by atoms with van der Waals surface area (Å²) in [5.74, 6) is 0. The molecule has 0 bridgehead atoms. The SMILES string of the molecule is CNC(c1ccc(C)c(Cl)c1)c1ccoc1Cl. The van der Waals surface area contributed by atoms with E-state index in [9.17, 15) is 0 Å². The molecular weight excluding hydrogens is 257 g/mol. The van der Waals surface area contributed by atoms with Gasteiger partial charge in [-0.1, -0.05) is 23.7 Å². The third-order valence-electron chi connectivity index (χ3n) is 2.77. The van der Waals surface area contributed by atoms with Crippen LogP contribution in [0.5, 0.6) is 0 Å². The summed E-state index contributed by atoms with van der Waals surface area (Å²) in [7, 11) is 1.88. The van der Waals surface area contributed by atoms with Gasteiger partial charge in [-0.3, -0.25) is 0 Å². The summed E-state index contributed by atoms with van der Waals surface area (Å²) >= 11 is 12.1. The second-order valence-electron chi connectivity index (χ2n) is 3.88. The van der Waals surface area contributed by atoms with E-state index in [1.165, 1.54) is 0 Å². The van der Waals surface area contributed by atoms with Gasteiger partial charge >= 0.3 is 0 Å². The highest BCUT2D eigenvalue weighted by molar-refractivity contribution is 6.31. The van der Waals surface area contributed by atoms with Gasteiger partial charge in [0.15, 0.2) is 5.22 Å². The first kappa shape index (κ1) is 12.5. The average molecular weight is 270 g/mol. The van der Waals surface area contributed by atoms with Gasteiger partial charge in [-0.05, 0) is 48.8 Å². The van der Waals surface area contributed by atoms with Crippen LogP contribution in [0.4, 0.5) is 0 Å². The molecule has 1 N–H and O–H groups in total. The highest BCUT2D eigenvalue weighted by Crippen LogP contribution is 2.30. The van der Waals surface area contributed by atoms with Crippen molar-refractivity contribution in [2.24, 2.45) is 0 Å². The number of benzene rings is 1. The van der Waals surface area contributed by atoms with Crippen molar-refractivity contribution in [3.8, 4) is 0 Å². The van der Waals surface area contributed by atoms with E-state index in [0.29, 0.717) is 5.22 Å². The van der Waals surface area contributed by atoms with E-state index in [1.807, 2.05) is 38.2 Å². The summed E-state index contributed by atoms with van der Waals surface area (Å²) < 4.78 is 5.12. The fourth-order valence-corrected chi connectivity index (χ4v) is 2.21. The molecule has 0 spiro atoms. The molecule has 2 aromatic rings. The molecule has 2 nitrogen and oxygen atoms in total. The van der Waals surface area contributed by atoms with Gasteiger partial charge in [-0.15, -0.1) is 0 Å². The number of hydrogen-bond donors (Lipinski definition) is 1. The van der Waals surface area contributed by atoms with Crippen molar-refractivity contribution in [3.05, 3.63) is 57.5 Å². The molecule has 1 atom stereocenters. The van der Waals surface area contributed by atoms with E-state index in [0.717, 1.165) is 21.7 Å². The number of rotatable bonds is 3. The number of aryl methyl sites for hydroxylation is 1. The Bertz CT molecular complexity index is 522. The lowest BCUT2D eigenvalue weighted by Crippen LogP contribution is -2.17. The summed E-state index contributed by atoms with van der Waals surface area (Å²) in [4.78, 5) is 0. The minimum Gasteiger partial charge on any atom is -0.453 e. The molecule has 1 unspecified atom stereocenters. The van der Waals surface area contributed by atoms with E-state index in [2.05, 4.69) is 5.32 Å². The van der Waals surface area contributed by atoms with Crippen molar-refractivity contribution in [2.45, 2.75) is 13.0 Å². The largest absolute Gasteiger partial charge is 0.453 e. The molecule has 1 heterocycles. The third-order valence-corrected chi connectivity index (χ3v) is 3.49. The predicted octanol–water partition coefficient (Wildman–Crippen LogP) is 4.20. The molecule has 0 aliphatic carbocycles. The van der Waals surface area contributed by atoms with E-state index in [1.54, 1.807) is 6.26 Å². The monoisotopic (exact) mass is 269 g/mol. The standard InChI is InChI=1S/C13H13Cl2NO/c1-8-3-4-9(7-11(8)14)12(16-2)10-5-6-17-13(10)15/h3-7,12,16H,1-2H3. The number of hydrogen-bond acceptors (Lipinski definition) is 2. The Labute approximate surface area is 111 Å². The van der Waals surface area contributed by atoms with Crippen LogP contribution in [-0.2, 0) is 0 Å². The highest BCUT2D eigenvalue weighted by Gasteiger charge is 2.17. The van der Waals surface area contributed by atoms with Gasteiger partial charge in [0, 0.05) is 10.6 Å². The maximum atomic E-state index is 6.13. The molecule has 90 valence electrons. The third kappa shape index (κ3) is 2.49. The first-order valence-corrected chi connectivity index (χ1v) is 6.05. The predicted molar refractivity (Wildman–Crippen MR) is 70.8 cm³/mol. The van der Waals surface area contributed by atoms with Crippen molar-refractivity contribution < 1.29 is 4.42 Å². The fourth-order valence-electron chi connectivity index (χ4n) is 1.80. The normalized spacial score (nSPS) is 12.7. The van der Waals surface area contributed by atoms with Gasteiger partial charge in [-0.2, -0.15) is 0 Å². The highest BCUT2D eigenvalue weighted by atomic mass is 35.5. The molecule has 2 rings (SSSR count). The van der Waals surface area contributed by atoms with Crippen molar-refractivity contribution >= 4 is 23.2 Å². The van der Waals surface area contributed by atoms with Gasteiger partial charge in [-0.25, -0.2) is 0 Å². The van der Waals surface area contributed by atoms with Gasteiger partial charge in [0.25, 0.3) is 0 Å². The maximum absolute atomic E-state index is 6.13. The molecule has 0 aliphatic rings. The molecule has 1 aromatic heterocycles. The number of halogens is 2. The summed E-state index contributed by atoms with van der Waals surface area (Å²) in [6.07, 6.45) is 1.58. The second-order valence-corrected chi connectivity index (χ2v) is 4.63. The quantitative estimate of drug-likeness (QED) is 0.904. The van der Waals surface area contributed by atoms with Crippen LogP contribution in [0.3, 0.4) is 0 Å². The lowest BCUT2D eigenvalue weighted by atomic mass is 10.0. The van der Waals surface area contributed by atoms with Crippen molar-refractivity contribution in [3.63, 3.8) is 0 Å². The molecule has 0 radical (unpaired) electrons. The molecule has 0 saturated heterocycles. The molecule has 0 aliphatic heterocycles. The average Bonchev–Trinajstić information content (AvgIpc) is 2.71. The summed E-state index contributed by atoms with van der Waals surface area (Å²) in [5.41, 5.74) is 3.03. The fraction of sp³-hybridized carbons (Fsp3) is 0.231. The van der Waals surface area contributed by atoms with Gasteiger partial charge < -0.3 is 9.73 Å². The van der Waals surface area contributed by atoms with E-state index >= 15 is 0 Å². The Hall–Kier alpha value is -0.960. The minimum atomic E-state index is -0.0145. The molecule has 1 aromatic carbocycles. The molecular formula is C13H13Cl2NO. The van der Waals surface area contributed by atoms with Crippen LogP contribution in [0, 0.1) is 6.92 Å². The Morgan fingerprint density at radius 3 is 2.53 bits per heavy atom. The molecule has 4 heteroatoms. The summed E-state index contributed by atoms with van der Waals surface area (Å²) in [5, 5.41) is 4.36. The number of nitrogens with one attached hydrogen (secondary N) is 1. The second kappa shape index (κ2) is 5.13. The van der Waals surface area contributed by atoms with E-state index < -0.39 is 0 Å². The molecule has 0 amide bonds. The van der Waals surface area contributed by atoms with Crippen LogP contribution >= 0.6 is 23.2 Å². The van der Waals surface area contributed by atoms with Crippen LogP contribution in [0.15, 0.2) is 34.9 Å². The smallest absolute Gasteiger partial charge is 0.198 e. The minimum absolute atomic E-state index is 0.0145. The van der Waals surface area contributed by atoms with Crippen molar-refractivity contribution in [1.29, 1.82) is 0 Å². The van der Waals surface area contributed by atoms with Crippen molar-refractivity contribution in [2.75, 3.05) is 7.05 Å². The van der Waals surface area contributed by atoms with Crippen LogP contribution < -0.4 is 5.32 Å². The van der Waals surface area contributed by atoms with Gasteiger partial charge in [0.1, 0.15) is 0 Å². The number of furan rings is 1. The lowest BCUT2D eigenvalue weighted by Gasteiger charge is -2.16. The Morgan fingerprint density at radius 1 is 1.24 bits per heavy atom.